The molecule has 0 aliphatic rings. The molecule has 2 aromatic rings. The lowest BCUT2D eigenvalue weighted by atomic mass is 10.1. The molecule has 0 N–H and O–H groups in total. The van der Waals surface area contributed by atoms with Crippen molar-refractivity contribution in [3.05, 3.63) is 40.9 Å². The van der Waals surface area contributed by atoms with Crippen molar-refractivity contribution in [3.8, 4) is 10.6 Å². The van der Waals surface area contributed by atoms with Gasteiger partial charge in [-0.1, -0.05) is 18.2 Å². The molecule has 0 saturated heterocycles. The number of hydrogen-bond acceptors (Lipinski definition) is 4. The summed E-state index contributed by atoms with van der Waals surface area (Å²) in [6.45, 7) is 2.78. The van der Waals surface area contributed by atoms with E-state index >= 15 is 0 Å². The molecule has 0 aliphatic carbocycles. The van der Waals surface area contributed by atoms with Gasteiger partial charge in [-0.3, -0.25) is 0 Å². The number of rotatable bonds is 8. The number of thiazole rings is 1. The number of nitrogens with zero attached hydrogens (tertiary/aromatic N) is 2. The van der Waals surface area contributed by atoms with Gasteiger partial charge in [0.05, 0.1) is 11.6 Å². The zero-order chi connectivity index (χ0) is 15.1. The van der Waals surface area contributed by atoms with Crippen LogP contribution in [0.2, 0.25) is 0 Å². The summed E-state index contributed by atoms with van der Waals surface area (Å²) in [6.07, 6.45) is 1.05. The summed E-state index contributed by atoms with van der Waals surface area (Å²) in [5, 5.41) is 3.06. The zero-order valence-corrected chi connectivity index (χ0v) is 14.1. The van der Waals surface area contributed by atoms with Crippen LogP contribution in [0.4, 0.5) is 0 Å². The van der Waals surface area contributed by atoms with Gasteiger partial charge in [-0.15, -0.1) is 22.9 Å². The molecule has 0 atom stereocenters. The SMILES string of the molecule is COCCCN(C)Cc1cccc(-c2nc(CCl)cs2)c1. The van der Waals surface area contributed by atoms with E-state index < -0.39 is 0 Å². The van der Waals surface area contributed by atoms with E-state index in [1.807, 2.05) is 5.38 Å². The van der Waals surface area contributed by atoms with Gasteiger partial charge in [-0.2, -0.15) is 0 Å². The smallest absolute Gasteiger partial charge is 0.123 e. The molecule has 3 nitrogen and oxygen atoms in total. The van der Waals surface area contributed by atoms with Crippen molar-refractivity contribution < 1.29 is 4.74 Å². The Morgan fingerprint density at radius 2 is 2.24 bits per heavy atom. The zero-order valence-electron chi connectivity index (χ0n) is 12.5. The minimum atomic E-state index is 0.471. The number of methoxy groups -OCH3 is 1. The van der Waals surface area contributed by atoms with E-state index in [1.165, 1.54) is 11.1 Å². The van der Waals surface area contributed by atoms with Crippen LogP contribution >= 0.6 is 22.9 Å². The Labute approximate surface area is 135 Å². The van der Waals surface area contributed by atoms with Gasteiger partial charge in [0, 0.05) is 37.7 Å². The summed E-state index contributed by atoms with van der Waals surface area (Å²) < 4.78 is 5.09. The van der Waals surface area contributed by atoms with Gasteiger partial charge in [0.25, 0.3) is 0 Å². The van der Waals surface area contributed by atoms with Crippen molar-refractivity contribution in [2.45, 2.75) is 18.8 Å². The van der Waals surface area contributed by atoms with Crippen LogP contribution in [0.25, 0.3) is 10.6 Å². The predicted molar refractivity (Wildman–Crippen MR) is 89.9 cm³/mol. The van der Waals surface area contributed by atoms with Crippen LogP contribution in [0.15, 0.2) is 29.6 Å². The van der Waals surface area contributed by atoms with Gasteiger partial charge in [-0.05, 0) is 25.1 Å². The summed E-state index contributed by atoms with van der Waals surface area (Å²) in [5.41, 5.74) is 3.41. The molecule has 0 saturated carbocycles. The van der Waals surface area contributed by atoms with E-state index in [2.05, 4.69) is 41.2 Å². The fourth-order valence-electron chi connectivity index (χ4n) is 2.17. The third-order valence-electron chi connectivity index (χ3n) is 3.20. The van der Waals surface area contributed by atoms with Gasteiger partial charge in [0.15, 0.2) is 0 Å². The second kappa shape index (κ2) is 8.49. The number of benzene rings is 1. The summed E-state index contributed by atoms with van der Waals surface area (Å²) in [6, 6.07) is 8.57. The molecule has 2 rings (SSSR count). The third-order valence-corrected chi connectivity index (χ3v) is 4.42. The fourth-order valence-corrected chi connectivity index (χ4v) is 3.22. The number of ether oxygens (including phenoxy) is 1. The normalized spacial score (nSPS) is 11.2. The molecule has 0 unspecified atom stereocenters. The number of halogens is 1. The number of alkyl halides is 1. The van der Waals surface area contributed by atoms with Crippen LogP contribution in [-0.4, -0.2) is 37.2 Å². The molecule has 5 heteroatoms. The summed E-state index contributed by atoms with van der Waals surface area (Å²) in [4.78, 5) is 6.85. The molecular formula is C16H21ClN2OS. The van der Waals surface area contributed by atoms with Crippen LogP contribution in [0.5, 0.6) is 0 Å². The largest absolute Gasteiger partial charge is 0.385 e. The van der Waals surface area contributed by atoms with Crippen molar-refractivity contribution in [1.29, 1.82) is 0 Å². The highest BCUT2D eigenvalue weighted by Gasteiger charge is 2.06. The van der Waals surface area contributed by atoms with Gasteiger partial charge in [0.2, 0.25) is 0 Å². The molecule has 0 radical (unpaired) electrons. The minimum absolute atomic E-state index is 0.471. The van der Waals surface area contributed by atoms with Crippen LogP contribution < -0.4 is 0 Å². The molecule has 0 bridgehead atoms. The number of aromatic nitrogens is 1. The van der Waals surface area contributed by atoms with E-state index in [0.717, 1.165) is 36.8 Å². The van der Waals surface area contributed by atoms with Crippen LogP contribution in [-0.2, 0) is 17.2 Å². The number of hydrogen-bond donors (Lipinski definition) is 0. The Balaban J connectivity index is 2.00. The van der Waals surface area contributed by atoms with E-state index in [1.54, 1.807) is 18.4 Å². The first-order chi connectivity index (χ1) is 10.2. The molecule has 1 aromatic carbocycles. The molecule has 0 spiro atoms. The Bertz CT molecular complexity index is 559. The van der Waals surface area contributed by atoms with Crippen molar-refractivity contribution in [1.82, 2.24) is 9.88 Å². The average molecular weight is 325 g/mol. The minimum Gasteiger partial charge on any atom is -0.385 e. The molecule has 1 aromatic heterocycles. The summed E-state index contributed by atoms with van der Waals surface area (Å²) in [5.74, 6) is 0.471. The molecule has 0 aliphatic heterocycles. The van der Waals surface area contributed by atoms with Crippen molar-refractivity contribution in [2.24, 2.45) is 0 Å². The van der Waals surface area contributed by atoms with E-state index in [9.17, 15) is 0 Å². The van der Waals surface area contributed by atoms with Crippen LogP contribution in [0.3, 0.4) is 0 Å². The highest BCUT2D eigenvalue weighted by molar-refractivity contribution is 7.13. The molecular weight excluding hydrogens is 304 g/mol. The highest BCUT2D eigenvalue weighted by atomic mass is 35.5. The van der Waals surface area contributed by atoms with E-state index in [0.29, 0.717) is 5.88 Å². The average Bonchev–Trinajstić information content (AvgIpc) is 2.97. The molecule has 114 valence electrons. The van der Waals surface area contributed by atoms with Gasteiger partial charge in [0.1, 0.15) is 5.01 Å². The first kappa shape index (κ1) is 16.4. The Morgan fingerprint density at radius 1 is 1.38 bits per heavy atom. The Kier molecular flexibility index (Phi) is 6.64. The predicted octanol–water partition coefficient (Wildman–Crippen LogP) is 4.02. The maximum absolute atomic E-state index is 5.82. The Hall–Kier alpha value is -0.940. The Morgan fingerprint density at radius 3 is 2.95 bits per heavy atom. The lowest BCUT2D eigenvalue weighted by molar-refractivity contribution is 0.178. The maximum atomic E-state index is 5.82. The van der Waals surface area contributed by atoms with Crippen LogP contribution in [0.1, 0.15) is 17.7 Å². The maximum Gasteiger partial charge on any atom is 0.123 e. The summed E-state index contributed by atoms with van der Waals surface area (Å²) >= 11 is 7.46. The van der Waals surface area contributed by atoms with Crippen molar-refractivity contribution in [2.75, 3.05) is 27.3 Å². The lowest BCUT2D eigenvalue weighted by Gasteiger charge is -2.16. The standard InChI is InChI=1S/C16H21ClN2OS/c1-19(7-4-8-20-2)11-13-5-3-6-14(9-13)16-18-15(10-17)12-21-16/h3,5-6,9,12H,4,7-8,10-11H2,1-2H3. The summed E-state index contributed by atoms with van der Waals surface area (Å²) in [7, 11) is 3.88. The van der Waals surface area contributed by atoms with E-state index in [-0.39, 0.29) is 0 Å². The first-order valence-corrected chi connectivity index (χ1v) is 8.41. The second-order valence-corrected chi connectivity index (χ2v) is 6.19. The molecule has 0 amide bonds. The second-order valence-electron chi connectivity index (χ2n) is 5.06. The van der Waals surface area contributed by atoms with Crippen molar-refractivity contribution >= 4 is 22.9 Å². The third kappa shape index (κ3) is 5.08. The first-order valence-electron chi connectivity index (χ1n) is 7.00. The quantitative estimate of drug-likeness (QED) is 0.542. The fraction of sp³-hybridized carbons (Fsp3) is 0.438. The molecule has 21 heavy (non-hydrogen) atoms. The van der Waals surface area contributed by atoms with Crippen LogP contribution in [0, 0.1) is 0 Å². The highest BCUT2D eigenvalue weighted by Crippen LogP contribution is 2.25. The van der Waals surface area contributed by atoms with Crippen molar-refractivity contribution in [3.63, 3.8) is 0 Å². The topological polar surface area (TPSA) is 25.4 Å². The van der Waals surface area contributed by atoms with E-state index in [4.69, 9.17) is 16.3 Å². The molecule has 1 heterocycles. The van der Waals surface area contributed by atoms with Gasteiger partial charge >= 0.3 is 0 Å². The molecule has 0 fully saturated rings. The van der Waals surface area contributed by atoms with Gasteiger partial charge < -0.3 is 9.64 Å². The van der Waals surface area contributed by atoms with Gasteiger partial charge in [-0.25, -0.2) is 4.98 Å². The monoisotopic (exact) mass is 324 g/mol. The lowest BCUT2D eigenvalue weighted by Crippen LogP contribution is -2.20.